The SMILES string of the molecule is ClCc1c(Cl)cccc1OCCOc1ccc(Br)cc1. The highest BCUT2D eigenvalue weighted by molar-refractivity contribution is 9.10. The van der Waals surface area contributed by atoms with Crippen molar-refractivity contribution < 1.29 is 9.47 Å². The molecule has 0 radical (unpaired) electrons. The van der Waals surface area contributed by atoms with E-state index in [1.54, 1.807) is 6.07 Å². The first-order valence-corrected chi connectivity index (χ1v) is 7.76. The van der Waals surface area contributed by atoms with Gasteiger partial charge in [-0.15, -0.1) is 11.6 Å². The third-order valence-electron chi connectivity index (χ3n) is 2.63. The number of benzene rings is 2. The molecule has 0 saturated carbocycles. The van der Waals surface area contributed by atoms with E-state index in [4.69, 9.17) is 32.7 Å². The van der Waals surface area contributed by atoms with Gasteiger partial charge in [0.05, 0.1) is 5.88 Å². The lowest BCUT2D eigenvalue weighted by Gasteiger charge is -2.12. The van der Waals surface area contributed by atoms with E-state index >= 15 is 0 Å². The highest BCUT2D eigenvalue weighted by atomic mass is 79.9. The summed E-state index contributed by atoms with van der Waals surface area (Å²) in [6.45, 7) is 0.885. The molecule has 0 bridgehead atoms. The van der Waals surface area contributed by atoms with Crippen LogP contribution in [-0.2, 0) is 5.88 Å². The number of hydrogen-bond donors (Lipinski definition) is 0. The molecule has 2 aromatic carbocycles. The molecule has 0 amide bonds. The maximum absolute atomic E-state index is 6.05. The van der Waals surface area contributed by atoms with E-state index in [-0.39, 0.29) is 0 Å². The van der Waals surface area contributed by atoms with Gasteiger partial charge in [-0.2, -0.15) is 0 Å². The Morgan fingerprint density at radius 3 is 2.35 bits per heavy atom. The van der Waals surface area contributed by atoms with E-state index in [0.29, 0.717) is 29.9 Å². The van der Waals surface area contributed by atoms with Gasteiger partial charge in [-0.05, 0) is 36.4 Å². The van der Waals surface area contributed by atoms with Gasteiger partial charge in [0.15, 0.2) is 0 Å². The minimum absolute atomic E-state index is 0.322. The summed E-state index contributed by atoms with van der Waals surface area (Å²) in [5.41, 5.74) is 0.805. The van der Waals surface area contributed by atoms with Gasteiger partial charge in [-0.1, -0.05) is 33.6 Å². The van der Waals surface area contributed by atoms with Gasteiger partial charge >= 0.3 is 0 Å². The zero-order valence-electron chi connectivity index (χ0n) is 10.6. The van der Waals surface area contributed by atoms with Crippen LogP contribution in [0.15, 0.2) is 46.9 Å². The third-order valence-corrected chi connectivity index (χ3v) is 3.78. The van der Waals surface area contributed by atoms with Crippen molar-refractivity contribution in [2.75, 3.05) is 13.2 Å². The summed E-state index contributed by atoms with van der Waals surface area (Å²) >= 11 is 15.3. The second-order valence-corrected chi connectivity index (χ2v) is 5.59. The monoisotopic (exact) mass is 374 g/mol. The smallest absolute Gasteiger partial charge is 0.125 e. The number of hydrogen-bond acceptors (Lipinski definition) is 2. The largest absolute Gasteiger partial charge is 0.490 e. The fourth-order valence-corrected chi connectivity index (χ4v) is 2.49. The Balaban J connectivity index is 1.84. The lowest BCUT2D eigenvalue weighted by atomic mass is 10.2. The summed E-state index contributed by atoms with van der Waals surface area (Å²) in [7, 11) is 0. The lowest BCUT2D eigenvalue weighted by Crippen LogP contribution is -2.09. The second kappa shape index (κ2) is 7.77. The van der Waals surface area contributed by atoms with Crippen molar-refractivity contribution in [3.8, 4) is 11.5 Å². The quantitative estimate of drug-likeness (QED) is 0.503. The van der Waals surface area contributed by atoms with Crippen molar-refractivity contribution in [2.24, 2.45) is 0 Å². The molecule has 0 heterocycles. The Kier molecular flexibility index (Phi) is 6.02. The number of alkyl halides is 1. The molecule has 0 unspecified atom stereocenters. The topological polar surface area (TPSA) is 18.5 Å². The van der Waals surface area contributed by atoms with Crippen molar-refractivity contribution >= 4 is 39.1 Å². The molecule has 0 aliphatic rings. The Morgan fingerprint density at radius 1 is 0.950 bits per heavy atom. The summed E-state index contributed by atoms with van der Waals surface area (Å²) in [5.74, 6) is 1.83. The summed E-state index contributed by atoms with van der Waals surface area (Å²) in [5, 5.41) is 0.617. The Hall–Kier alpha value is -0.900. The highest BCUT2D eigenvalue weighted by Gasteiger charge is 2.06. The van der Waals surface area contributed by atoms with Gasteiger partial charge in [0, 0.05) is 15.1 Å². The minimum atomic E-state index is 0.322. The Labute approximate surface area is 136 Å². The molecule has 2 nitrogen and oxygen atoms in total. The standard InChI is InChI=1S/C15H13BrCl2O2/c16-11-4-6-12(7-5-11)19-8-9-20-15-3-1-2-14(18)13(15)10-17/h1-7H,8-10H2. The van der Waals surface area contributed by atoms with Crippen molar-refractivity contribution in [1.82, 2.24) is 0 Å². The second-order valence-electron chi connectivity index (χ2n) is 4.00. The predicted molar refractivity (Wildman–Crippen MR) is 86.1 cm³/mol. The molecule has 106 valence electrons. The molecule has 0 fully saturated rings. The highest BCUT2D eigenvalue weighted by Crippen LogP contribution is 2.27. The van der Waals surface area contributed by atoms with Gasteiger partial charge < -0.3 is 9.47 Å². The maximum atomic E-state index is 6.05. The summed E-state index contributed by atoms with van der Waals surface area (Å²) in [6, 6.07) is 13.1. The molecule has 20 heavy (non-hydrogen) atoms. The van der Waals surface area contributed by atoms with E-state index in [0.717, 1.165) is 15.8 Å². The van der Waals surface area contributed by atoms with Crippen molar-refractivity contribution in [3.63, 3.8) is 0 Å². The first-order chi connectivity index (χ1) is 9.70. The zero-order valence-corrected chi connectivity index (χ0v) is 13.7. The molecule has 0 atom stereocenters. The average Bonchev–Trinajstić information content (AvgIpc) is 2.45. The zero-order chi connectivity index (χ0) is 14.4. The van der Waals surface area contributed by atoms with Gasteiger partial charge in [0.2, 0.25) is 0 Å². The first-order valence-electron chi connectivity index (χ1n) is 6.05. The van der Waals surface area contributed by atoms with Gasteiger partial charge in [0.1, 0.15) is 24.7 Å². The van der Waals surface area contributed by atoms with E-state index in [1.807, 2.05) is 36.4 Å². The normalized spacial score (nSPS) is 10.3. The molecular weight excluding hydrogens is 363 g/mol. The molecule has 0 aromatic heterocycles. The van der Waals surface area contributed by atoms with Crippen LogP contribution in [-0.4, -0.2) is 13.2 Å². The number of rotatable bonds is 6. The maximum Gasteiger partial charge on any atom is 0.125 e. The van der Waals surface area contributed by atoms with Gasteiger partial charge in [-0.3, -0.25) is 0 Å². The van der Waals surface area contributed by atoms with Crippen LogP contribution in [0.5, 0.6) is 11.5 Å². The summed E-state index contributed by atoms with van der Waals surface area (Å²) in [6.07, 6.45) is 0. The van der Waals surface area contributed by atoms with Crippen LogP contribution in [0, 0.1) is 0 Å². The van der Waals surface area contributed by atoms with Crippen LogP contribution < -0.4 is 9.47 Å². The van der Waals surface area contributed by atoms with E-state index in [2.05, 4.69) is 15.9 Å². The van der Waals surface area contributed by atoms with Crippen LogP contribution in [0.4, 0.5) is 0 Å². The van der Waals surface area contributed by atoms with Crippen LogP contribution >= 0.6 is 39.1 Å². The van der Waals surface area contributed by atoms with E-state index in [9.17, 15) is 0 Å². The number of ether oxygens (including phenoxy) is 2. The molecule has 2 rings (SSSR count). The predicted octanol–water partition coefficient (Wildman–Crippen LogP) is 5.30. The number of halogens is 3. The Morgan fingerprint density at radius 2 is 1.65 bits per heavy atom. The molecule has 0 aliphatic heterocycles. The fourth-order valence-electron chi connectivity index (χ4n) is 1.65. The van der Waals surface area contributed by atoms with Crippen LogP contribution in [0.1, 0.15) is 5.56 Å². The molecular formula is C15H13BrCl2O2. The van der Waals surface area contributed by atoms with Crippen molar-refractivity contribution in [3.05, 3.63) is 57.5 Å². The molecule has 0 N–H and O–H groups in total. The van der Waals surface area contributed by atoms with Gasteiger partial charge in [0.25, 0.3) is 0 Å². The Bertz CT molecular complexity index is 558. The van der Waals surface area contributed by atoms with Crippen LogP contribution in [0.2, 0.25) is 5.02 Å². The molecule has 2 aromatic rings. The minimum Gasteiger partial charge on any atom is -0.490 e. The molecule has 0 saturated heterocycles. The van der Waals surface area contributed by atoms with Crippen LogP contribution in [0.3, 0.4) is 0 Å². The third kappa shape index (κ3) is 4.30. The fraction of sp³-hybridized carbons (Fsp3) is 0.200. The summed E-state index contributed by atoms with van der Waals surface area (Å²) < 4.78 is 12.2. The van der Waals surface area contributed by atoms with Crippen LogP contribution in [0.25, 0.3) is 0 Å². The molecule has 0 aliphatic carbocycles. The first kappa shape index (κ1) is 15.5. The lowest BCUT2D eigenvalue weighted by molar-refractivity contribution is 0.216. The molecule has 0 spiro atoms. The molecule has 5 heteroatoms. The van der Waals surface area contributed by atoms with E-state index in [1.165, 1.54) is 0 Å². The average molecular weight is 376 g/mol. The van der Waals surface area contributed by atoms with Gasteiger partial charge in [-0.25, -0.2) is 0 Å². The van der Waals surface area contributed by atoms with Crippen molar-refractivity contribution in [2.45, 2.75) is 5.88 Å². The van der Waals surface area contributed by atoms with Crippen molar-refractivity contribution in [1.29, 1.82) is 0 Å². The summed E-state index contributed by atoms with van der Waals surface area (Å²) in [4.78, 5) is 0. The van der Waals surface area contributed by atoms with E-state index < -0.39 is 0 Å².